The number of nitrogens with zero attached hydrogens (tertiary/aromatic N) is 3. The monoisotopic (exact) mass is 383 g/mol. The number of ether oxygens (including phenoxy) is 1. The number of hydrogen-bond acceptors (Lipinski definition) is 6. The summed E-state index contributed by atoms with van der Waals surface area (Å²) in [6.07, 6.45) is 1.41. The molecule has 1 saturated heterocycles. The molecule has 1 aromatic carbocycles. The summed E-state index contributed by atoms with van der Waals surface area (Å²) in [5.41, 5.74) is 2.65. The maximum absolute atomic E-state index is 12.4. The standard InChI is InChI=1S/C21H29N5O2/c1-21(2,3)16-4-6-17(7-5-16)25-19-14-18(23-15-24-19)20(27)22-8-9-26-10-12-28-13-11-26/h4-7,14-15H,8-13H2,1-3H3,(H,22,27)(H,23,24,25). The maximum Gasteiger partial charge on any atom is 0.270 e. The minimum Gasteiger partial charge on any atom is -0.379 e. The molecular formula is C21H29N5O2. The van der Waals surface area contributed by atoms with Crippen LogP contribution in [-0.2, 0) is 10.2 Å². The zero-order valence-corrected chi connectivity index (χ0v) is 16.9. The van der Waals surface area contributed by atoms with Crippen molar-refractivity contribution in [3.63, 3.8) is 0 Å². The van der Waals surface area contributed by atoms with Crippen molar-refractivity contribution in [2.45, 2.75) is 26.2 Å². The molecule has 0 aliphatic carbocycles. The minimum absolute atomic E-state index is 0.111. The van der Waals surface area contributed by atoms with Gasteiger partial charge < -0.3 is 15.4 Å². The molecule has 0 unspecified atom stereocenters. The average molecular weight is 383 g/mol. The van der Waals surface area contributed by atoms with E-state index in [2.05, 4.69) is 58.4 Å². The van der Waals surface area contributed by atoms with Crippen molar-refractivity contribution >= 4 is 17.4 Å². The molecule has 2 aromatic rings. The second-order valence-electron chi connectivity index (χ2n) is 7.95. The number of benzene rings is 1. The fourth-order valence-electron chi connectivity index (χ4n) is 2.99. The third kappa shape index (κ3) is 5.74. The molecule has 0 atom stereocenters. The summed E-state index contributed by atoms with van der Waals surface area (Å²) in [5, 5.41) is 6.15. The van der Waals surface area contributed by atoms with Crippen molar-refractivity contribution in [2.24, 2.45) is 0 Å². The molecular weight excluding hydrogens is 354 g/mol. The van der Waals surface area contributed by atoms with Gasteiger partial charge in [-0.3, -0.25) is 9.69 Å². The molecule has 7 heteroatoms. The number of hydrogen-bond donors (Lipinski definition) is 2. The van der Waals surface area contributed by atoms with Gasteiger partial charge in [-0.15, -0.1) is 0 Å². The Morgan fingerprint density at radius 3 is 2.54 bits per heavy atom. The summed E-state index contributed by atoms with van der Waals surface area (Å²) in [4.78, 5) is 23.0. The molecule has 3 rings (SSSR count). The molecule has 0 saturated carbocycles. The van der Waals surface area contributed by atoms with Crippen LogP contribution in [0.4, 0.5) is 11.5 Å². The Morgan fingerprint density at radius 2 is 1.86 bits per heavy atom. The molecule has 150 valence electrons. The van der Waals surface area contributed by atoms with Gasteiger partial charge in [0.2, 0.25) is 0 Å². The van der Waals surface area contributed by atoms with Crippen molar-refractivity contribution < 1.29 is 9.53 Å². The Morgan fingerprint density at radius 1 is 1.14 bits per heavy atom. The summed E-state index contributed by atoms with van der Waals surface area (Å²) in [5.74, 6) is 0.402. The van der Waals surface area contributed by atoms with E-state index in [1.165, 1.54) is 11.9 Å². The number of carbonyl (C=O) groups is 1. The summed E-state index contributed by atoms with van der Waals surface area (Å²) in [6.45, 7) is 11.3. The highest BCUT2D eigenvalue weighted by Gasteiger charge is 2.14. The average Bonchev–Trinajstić information content (AvgIpc) is 2.69. The van der Waals surface area contributed by atoms with Crippen LogP contribution in [0.5, 0.6) is 0 Å². The summed E-state index contributed by atoms with van der Waals surface area (Å²) in [7, 11) is 0. The molecule has 1 aliphatic heterocycles. The third-order valence-corrected chi connectivity index (χ3v) is 4.74. The second kappa shape index (κ2) is 9.12. The molecule has 2 heterocycles. The van der Waals surface area contributed by atoms with Crippen LogP contribution in [-0.4, -0.2) is 60.2 Å². The SMILES string of the molecule is CC(C)(C)c1ccc(Nc2cc(C(=O)NCCN3CCOCC3)ncn2)cc1. The highest BCUT2D eigenvalue weighted by molar-refractivity contribution is 5.92. The molecule has 1 amide bonds. The van der Waals surface area contributed by atoms with Gasteiger partial charge in [0, 0.05) is 37.9 Å². The fourth-order valence-corrected chi connectivity index (χ4v) is 2.99. The van der Waals surface area contributed by atoms with E-state index in [0.717, 1.165) is 38.5 Å². The molecule has 1 aliphatic rings. The van der Waals surface area contributed by atoms with Gasteiger partial charge in [0.15, 0.2) is 0 Å². The molecule has 1 fully saturated rings. The van der Waals surface area contributed by atoms with Crippen LogP contribution >= 0.6 is 0 Å². The topological polar surface area (TPSA) is 79.4 Å². The van der Waals surface area contributed by atoms with Crippen molar-refractivity contribution in [2.75, 3.05) is 44.7 Å². The van der Waals surface area contributed by atoms with E-state index >= 15 is 0 Å². The Kier molecular flexibility index (Phi) is 6.59. The number of rotatable bonds is 6. The van der Waals surface area contributed by atoms with Crippen LogP contribution in [0.3, 0.4) is 0 Å². The normalized spacial score (nSPS) is 15.2. The van der Waals surface area contributed by atoms with Gasteiger partial charge >= 0.3 is 0 Å². The molecule has 2 N–H and O–H groups in total. The lowest BCUT2D eigenvalue weighted by atomic mass is 9.87. The zero-order chi connectivity index (χ0) is 20.0. The number of carbonyl (C=O) groups excluding carboxylic acids is 1. The van der Waals surface area contributed by atoms with E-state index in [4.69, 9.17) is 4.74 Å². The lowest BCUT2D eigenvalue weighted by Crippen LogP contribution is -2.41. The summed E-state index contributed by atoms with van der Waals surface area (Å²) < 4.78 is 5.33. The first-order chi connectivity index (χ1) is 13.4. The number of anilines is 2. The van der Waals surface area contributed by atoms with Gasteiger partial charge in [-0.05, 0) is 23.1 Å². The van der Waals surface area contributed by atoms with Gasteiger partial charge in [0.25, 0.3) is 5.91 Å². The van der Waals surface area contributed by atoms with Crippen LogP contribution < -0.4 is 10.6 Å². The highest BCUT2D eigenvalue weighted by Crippen LogP contribution is 2.24. The van der Waals surface area contributed by atoms with Crippen LogP contribution in [0.25, 0.3) is 0 Å². The molecule has 28 heavy (non-hydrogen) atoms. The van der Waals surface area contributed by atoms with Crippen molar-refractivity contribution in [3.05, 3.63) is 47.9 Å². The number of morpholine rings is 1. The van der Waals surface area contributed by atoms with E-state index in [0.29, 0.717) is 18.1 Å². The molecule has 7 nitrogen and oxygen atoms in total. The Labute approximate surface area is 166 Å². The molecule has 1 aromatic heterocycles. The van der Waals surface area contributed by atoms with E-state index in [1.54, 1.807) is 6.07 Å². The lowest BCUT2D eigenvalue weighted by molar-refractivity contribution is 0.0383. The molecule has 0 bridgehead atoms. The molecule has 0 radical (unpaired) electrons. The van der Waals surface area contributed by atoms with E-state index < -0.39 is 0 Å². The van der Waals surface area contributed by atoms with E-state index in [1.807, 2.05) is 12.1 Å². The fraction of sp³-hybridized carbons (Fsp3) is 0.476. The Bertz CT molecular complexity index is 780. The maximum atomic E-state index is 12.4. The predicted octanol–water partition coefficient (Wildman–Crippen LogP) is 2.58. The Hall–Kier alpha value is -2.51. The van der Waals surface area contributed by atoms with Gasteiger partial charge in [0.05, 0.1) is 13.2 Å². The predicted molar refractivity (Wildman–Crippen MR) is 110 cm³/mol. The van der Waals surface area contributed by atoms with Crippen LogP contribution in [0.15, 0.2) is 36.7 Å². The highest BCUT2D eigenvalue weighted by atomic mass is 16.5. The van der Waals surface area contributed by atoms with Crippen LogP contribution in [0, 0.1) is 0 Å². The quantitative estimate of drug-likeness (QED) is 0.798. The molecule has 0 spiro atoms. The number of amides is 1. The van der Waals surface area contributed by atoms with Crippen molar-refractivity contribution in [1.29, 1.82) is 0 Å². The van der Waals surface area contributed by atoms with Crippen molar-refractivity contribution in [3.8, 4) is 0 Å². The number of aromatic nitrogens is 2. The Balaban J connectivity index is 1.54. The van der Waals surface area contributed by atoms with Crippen LogP contribution in [0.1, 0.15) is 36.8 Å². The minimum atomic E-state index is -0.193. The zero-order valence-electron chi connectivity index (χ0n) is 16.9. The first kappa shape index (κ1) is 20.2. The van der Waals surface area contributed by atoms with Crippen LogP contribution in [0.2, 0.25) is 0 Å². The van der Waals surface area contributed by atoms with Gasteiger partial charge in [-0.1, -0.05) is 32.9 Å². The van der Waals surface area contributed by atoms with Gasteiger partial charge in [0.1, 0.15) is 17.8 Å². The van der Waals surface area contributed by atoms with Crippen molar-refractivity contribution in [1.82, 2.24) is 20.2 Å². The largest absolute Gasteiger partial charge is 0.379 e. The van der Waals surface area contributed by atoms with Gasteiger partial charge in [-0.2, -0.15) is 0 Å². The first-order valence-corrected chi connectivity index (χ1v) is 9.70. The smallest absolute Gasteiger partial charge is 0.270 e. The first-order valence-electron chi connectivity index (χ1n) is 9.70. The third-order valence-electron chi connectivity index (χ3n) is 4.74. The summed E-state index contributed by atoms with van der Waals surface area (Å²) >= 11 is 0. The van der Waals surface area contributed by atoms with Gasteiger partial charge in [-0.25, -0.2) is 9.97 Å². The lowest BCUT2D eigenvalue weighted by Gasteiger charge is -2.26. The van der Waals surface area contributed by atoms with E-state index in [9.17, 15) is 4.79 Å². The van der Waals surface area contributed by atoms with E-state index in [-0.39, 0.29) is 11.3 Å². The summed E-state index contributed by atoms with van der Waals surface area (Å²) in [6, 6.07) is 9.91. The number of nitrogens with one attached hydrogen (secondary N) is 2. The second-order valence-corrected chi connectivity index (χ2v) is 7.95.